The molecule has 0 saturated carbocycles. The average Bonchev–Trinajstić information content (AvgIpc) is 2.53. The third-order valence-corrected chi connectivity index (χ3v) is 4.87. The van der Waals surface area contributed by atoms with Crippen molar-refractivity contribution in [3.63, 3.8) is 0 Å². The van der Waals surface area contributed by atoms with Crippen LogP contribution in [0.2, 0.25) is 0 Å². The summed E-state index contributed by atoms with van der Waals surface area (Å²) >= 11 is 0. The lowest BCUT2D eigenvalue weighted by Gasteiger charge is -2.47. The van der Waals surface area contributed by atoms with Gasteiger partial charge in [-0.2, -0.15) is 0 Å². The predicted octanol–water partition coefficient (Wildman–Crippen LogP) is 2.43. The molecule has 0 radical (unpaired) electrons. The van der Waals surface area contributed by atoms with Crippen LogP contribution in [0.25, 0.3) is 0 Å². The first-order valence-corrected chi connectivity index (χ1v) is 8.02. The van der Waals surface area contributed by atoms with Gasteiger partial charge in [0.25, 0.3) is 5.91 Å². The number of nitrogens with zero attached hydrogens (tertiary/aromatic N) is 2. The van der Waals surface area contributed by atoms with E-state index in [1.807, 2.05) is 31.3 Å². The molecule has 2 atom stereocenters. The van der Waals surface area contributed by atoms with E-state index in [1.54, 1.807) is 0 Å². The van der Waals surface area contributed by atoms with Crippen molar-refractivity contribution in [2.75, 3.05) is 32.0 Å². The van der Waals surface area contributed by atoms with Crippen molar-refractivity contribution in [3.05, 3.63) is 29.8 Å². The zero-order valence-corrected chi connectivity index (χ0v) is 13.0. The predicted molar refractivity (Wildman–Crippen MR) is 85.7 cm³/mol. The van der Waals surface area contributed by atoms with E-state index >= 15 is 0 Å². The number of piperazine rings is 1. The van der Waals surface area contributed by atoms with E-state index in [-0.39, 0.29) is 11.9 Å². The van der Waals surface area contributed by atoms with Gasteiger partial charge in [-0.1, -0.05) is 18.6 Å². The lowest BCUT2D eigenvalue weighted by molar-refractivity contribution is 0.0152. The minimum atomic E-state index is 0.165. The number of amides is 1. The fraction of sp³-hybridized carbons (Fsp3) is 0.588. The maximum Gasteiger partial charge on any atom is 0.256 e. The Morgan fingerprint density at radius 2 is 2.05 bits per heavy atom. The Balaban J connectivity index is 1.80. The normalized spacial score (nSPS) is 26.3. The fourth-order valence-corrected chi connectivity index (χ4v) is 3.68. The van der Waals surface area contributed by atoms with Gasteiger partial charge in [-0.25, -0.2) is 0 Å². The number of carbonyl (C=O) groups excluding carboxylic acids is 1. The molecule has 0 spiro atoms. The van der Waals surface area contributed by atoms with Crippen LogP contribution in [0.3, 0.4) is 0 Å². The van der Waals surface area contributed by atoms with Gasteiger partial charge in [0, 0.05) is 37.9 Å². The highest BCUT2D eigenvalue weighted by atomic mass is 16.2. The molecule has 2 unspecified atom stereocenters. The van der Waals surface area contributed by atoms with E-state index < -0.39 is 0 Å². The van der Waals surface area contributed by atoms with Crippen molar-refractivity contribution in [2.24, 2.45) is 0 Å². The number of hydrogen-bond acceptors (Lipinski definition) is 3. The van der Waals surface area contributed by atoms with Gasteiger partial charge < -0.3 is 10.2 Å². The van der Waals surface area contributed by atoms with E-state index in [9.17, 15) is 4.79 Å². The van der Waals surface area contributed by atoms with Gasteiger partial charge in [-0.15, -0.1) is 0 Å². The Kier molecular flexibility index (Phi) is 4.15. The monoisotopic (exact) mass is 287 g/mol. The quantitative estimate of drug-likeness (QED) is 0.907. The molecule has 0 bridgehead atoms. The van der Waals surface area contributed by atoms with Crippen LogP contribution < -0.4 is 5.32 Å². The molecule has 0 aromatic heterocycles. The molecule has 2 heterocycles. The van der Waals surface area contributed by atoms with E-state index in [1.165, 1.54) is 25.8 Å². The number of rotatable bonds is 2. The number of para-hydroxylation sites is 1. The second kappa shape index (κ2) is 6.06. The van der Waals surface area contributed by atoms with Crippen molar-refractivity contribution in [2.45, 2.75) is 38.3 Å². The summed E-state index contributed by atoms with van der Waals surface area (Å²) < 4.78 is 0. The van der Waals surface area contributed by atoms with E-state index in [0.717, 1.165) is 24.3 Å². The van der Waals surface area contributed by atoms with Gasteiger partial charge in [0.05, 0.1) is 5.56 Å². The minimum Gasteiger partial charge on any atom is -0.387 e. The van der Waals surface area contributed by atoms with Crippen LogP contribution in [-0.2, 0) is 0 Å². The zero-order valence-electron chi connectivity index (χ0n) is 13.0. The van der Waals surface area contributed by atoms with Crippen LogP contribution in [0.15, 0.2) is 24.3 Å². The smallest absolute Gasteiger partial charge is 0.256 e. The Hall–Kier alpha value is -1.55. The lowest BCUT2D eigenvalue weighted by atomic mass is 9.96. The third kappa shape index (κ3) is 2.77. The van der Waals surface area contributed by atoms with Crippen molar-refractivity contribution >= 4 is 11.6 Å². The topological polar surface area (TPSA) is 35.6 Å². The molecule has 3 rings (SSSR count). The summed E-state index contributed by atoms with van der Waals surface area (Å²) in [5, 5.41) is 3.13. The molecule has 2 fully saturated rings. The minimum absolute atomic E-state index is 0.165. The molecular weight excluding hydrogens is 262 g/mol. The Morgan fingerprint density at radius 1 is 1.24 bits per heavy atom. The number of benzene rings is 1. The molecule has 1 N–H and O–H groups in total. The number of nitrogens with one attached hydrogen (secondary N) is 1. The molecule has 4 heteroatoms. The third-order valence-electron chi connectivity index (χ3n) is 4.87. The summed E-state index contributed by atoms with van der Waals surface area (Å²) in [5.74, 6) is 0.165. The van der Waals surface area contributed by atoms with Crippen molar-refractivity contribution in [1.29, 1.82) is 0 Å². The molecule has 1 aromatic carbocycles. The molecule has 1 aromatic rings. The van der Waals surface area contributed by atoms with Crippen LogP contribution in [0.4, 0.5) is 5.69 Å². The first kappa shape index (κ1) is 14.4. The molecule has 4 nitrogen and oxygen atoms in total. The summed E-state index contributed by atoms with van der Waals surface area (Å²) in [7, 11) is 1.87. The highest BCUT2D eigenvalue weighted by molar-refractivity contribution is 5.99. The van der Waals surface area contributed by atoms with E-state index in [4.69, 9.17) is 0 Å². The van der Waals surface area contributed by atoms with E-state index in [2.05, 4.69) is 22.0 Å². The van der Waals surface area contributed by atoms with Gasteiger partial charge in [-0.05, 0) is 38.4 Å². The average molecular weight is 287 g/mol. The second-order valence-corrected chi connectivity index (χ2v) is 6.25. The molecule has 2 aliphatic heterocycles. The second-order valence-electron chi connectivity index (χ2n) is 6.25. The molecule has 2 aliphatic rings. The summed E-state index contributed by atoms with van der Waals surface area (Å²) in [6.07, 6.45) is 3.83. The van der Waals surface area contributed by atoms with Crippen LogP contribution in [-0.4, -0.2) is 54.5 Å². The van der Waals surface area contributed by atoms with Gasteiger partial charge in [-0.3, -0.25) is 9.69 Å². The highest BCUT2D eigenvalue weighted by Crippen LogP contribution is 2.26. The van der Waals surface area contributed by atoms with Crippen LogP contribution in [0.1, 0.15) is 36.5 Å². The SMILES string of the molecule is CNc1ccccc1C(=O)N1CC2CCCCN2CC1C. The molecule has 1 amide bonds. The number of carbonyl (C=O) groups is 1. The maximum absolute atomic E-state index is 12.9. The van der Waals surface area contributed by atoms with Gasteiger partial charge in [0.1, 0.15) is 0 Å². The Labute approximate surface area is 127 Å². The van der Waals surface area contributed by atoms with Gasteiger partial charge in [0.15, 0.2) is 0 Å². The zero-order chi connectivity index (χ0) is 14.8. The summed E-state index contributed by atoms with van der Waals surface area (Å²) in [5.41, 5.74) is 1.71. The summed E-state index contributed by atoms with van der Waals surface area (Å²) in [6, 6.07) is 8.64. The largest absolute Gasteiger partial charge is 0.387 e. The molecular formula is C17H25N3O. The van der Waals surface area contributed by atoms with Crippen LogP contribution >= 0.6 is 0 Å². The summed E-state index contributed by atoms with van der Waals surface area (Å²) in [4.78, 5) is 17.6. The fourth-order valence-electron chi connectivity index (χ4n) is 3.68. The number of hydrogen-bond donors (Lipinski definition) is 1. The molecule has 21 heavy (non-hydrogen) atoms. The highest BCUT2D eigenvalue weighted by Gasteiger charge is 2.35. The van der Waals surface area contributed by atoms with E-state index in [0.29, 0.717) is 6.04 Å². The Bertz CT molecular complexity index is 517. The first-order valence-electron chi connectivity index (χ1n) is 8.02. The van der Waals surface area contributed by atoms with Crippen molar-refractivity contribution < 1.29 is 4.79 Å². The molecule has 114 valence electrons. The van der Waals surface area contributed by atoms with Crippen molar-refractivity contribution in [1.82, 2.24) is 9.80 Å². The summed E-state index contributed by atoms with van der Waals surface area (Å²) in [6.45, 7) is 5.25. The van der Waals surface area contributed by atoms with Crippen LogP contribution in [0, 0.1) is 0 Å². The maximum atomic E-state index is 12.9. The van der Waals surface area contributed by atoms with Crippen LogP contribution in [0.5, 0.6) is 0 Å². The lowest BCUT2D eigenvalue weighted by Crippen LogP contribution is -2.60. The molecule has 0 aliphatic carbocycles. The molecule has 2 saturated heterocycles. The standard InChI is InChI=1S/C17H25N3O/c1-13-11-19-10-6-5-7-14(19)12-20(13)17(21)15-8-3-4-9-16(15)18-2/h3-4,8-9,13-14,18H,5-7,10-12H2,1-2H3. The van der Waals surface area contributed by atoms with Crippen molar-refractivity contribution in [3.8, 4) is 0 Å². The number of fused-ring (bicyclic) bond motifs is 1. The number of anilines is 1. The van der Waals surface area contributed by atoms with Gasteiger partial charge in [0.2, 0.25) is 0 Å². The Morgan fingerprint density at radius 3 is 2.86 bits per heavy atom. The first-order chi connectivity index (χ1) is 10.2. The number of piperidine rings is 1. The van der Waals surface area contributed by atoms with Gasteiger partial charge >= 0.3 is 0 Å².